The predicted octanol–water partition coefficient (Wildman–Crippen LogP) is 3.27. The van der Waals surface area contributed by atoms with Crippen molar-refractivity contribution in [3.8, 4) is 5.75 Å². The normalized spacial score (nSPS) is 10.1. The first-order chi connectivity index (χ1) is 13.3. The molecule has 7 heteroatoms. The molecular formula is C21H25N3O4. The Hall–Kier alpha value is -3.35. The van der Waals surface area contributed by atoms with Gasteiger partial charge in [0.05, 0.1) is 6.61 Å². The Balaban J connectivity index is 2.28. The summed E-state index contributed by atoms with van der Waals surface area (Å²) in [7, 11) is 1.69. The number of para-hydroxylation sites is 1. The Labute approximate surface area is 164 Å². The van der Waals surface area contributed by atoms with Gasteiger partial charge in [-0.25, -0.2) is 0 Å². The quantitative estimate of drug-likeness (QED) is 0.768. The maximum absolute atomic E-state index is 13.0. The van der Waals surface area contributed by atoms with Gasteiger partial charge in [0.2, 0.25) is 11.8 Å². The van der Waals surface area contributed by atoms with E-state index in [-0.39, 0.29) is 17.7 Å². The van der Waals surface area contributed by atoms with Gasteiger partial charge in [-0.05, 0) is 31.2 Å². The third kappa shape index (κ3) is 5.84. The predicted molar refractivity (Wildman–Crippen MR) is 108 cm³/mol. The molecule has 28 heavy (non-hydrogen) atoms. The minimum atomic E-state index is -0.266. The van der Waals surface area contributed by atoms with Crippen LogP contribution in [0.25, 0.3) is 0 Å². The zero-order valence-electron chi connectivity index (χ0n) is 16.5. The molecule has 0 bridgehead atoms. The number of carbonyl (C=O) groups excluding carboxylic acids is 3. The fourth-order valence-electron chi connectivity index (χ4n) is 2.78. The Morgan fingerprint density at radius 3 is 2.07 bits per heavy atom. The third-order valence-electron chi connectivity index (χ3n) is 3.85. The van der Waals surface area contributed by atoms with Gasteiger partial charge in [-0.2, -0.15) is 0 Å². The van der Waals surface area contributed by atoms with E-state index in [9.17, 15) is 14.4 Å². The van der Waals surface area contributed by atoms with E-state index in [2.05, 4.69) is 10.6 Å². The average Bonchev–Trinajstić information content (AvgIpc) is 2.61. The summed E-state index contributed by atoms with van der Waals surface area (Å²) in [6, 6.07) is 12.3. The monoisotopic (exact) mass is 383 g/mol. The number of rotatable bonds is 7. The lowest BCUT2D eigenvalue weighted by molar-refractivity contribution is -0.115. The van der Waals surface area contributed by atoms with Crippen LogP contribution in [-0.2, 0) is 16.1 Å². The molecule has 0 unspecified atom stereocenters. The van der Waals surface area contributed by atoms with Crippen molar-refractivity contribution in [3.05, 3.63) is 53.6 Å². The number of benzene rings is 2. The van der Waals surface area contributed by atoms with E-state index in [1.165, 1.54) is 13.8 Å². The number of amides is 3. The largest absolute Gasteiger partial charge is 0.494 e. The number of hydrogen-bond donors (Lipinski definition) is 2. The van der Waals surface area contributed by atoms with E-state index in [1.54, 1.807) is 30.1 Å². The van der Waals surface area contributed by atoms with E-state index < -0.39 is 0 Å². The van der Waals surface area contributed by atoms with Crippen LogP contribution in [0.3, 0.4) is 0 Å². The number of hydrogen-bond acceptors (Lipinski definition) is 4. The maximum Gasteiger partial charge on any atom is 0.254 e. The van der Waals surface area contributed by atoms with Gasteiger partial charge >= 0.3 is 0 Å². The lowest BCUT2D eigenvalue weighted by atomic mass is 10.1. The summed E-state index contributed by atoms with van der Waals surface area (Å²) in [4.78, 5) is 37.3. The van der Waals surface area contributed by atoms with Crippen LogP contribution in [-0.4, -0.2) is 36.3 Å². The van der Waals surface area contributed by atoms with Crippen LogP contribution in [0.4, 0.5) is 11.4 Å². The molecule has 0 aliphatic carbocycles. The smallest absolute Gasteiger partial charge is 0.254 e. The van der Waals surface area contributed by atoms with Crippen LogP contribution < -0.4 is 15.4 Å². The molecule has 0 saturated carbocycles. The molecule has 148 valence electrons. The standard InChI is InChI=1S/C21H25N3O4/c1-5-28-20-9-7-6-8-16(20)13-24(4)21(27)17-10-18(22-14(2)25)12-19(11-17)23-15(3)26/h6-12H,5,13H2,1-4H3,(H,22,25)(H,23,26). The van der Waals surface area contributed by atoms with E-state index >= 15 is 0 Å². The van der Waals surface area contributed by atoms with E-state index in [1.807, 2.05) is 31.2 Å². The molecule has 2 rings (SSSR count). The minimum Gasteiger partial charge on any atom is -0.494 e. The van der Waals surface area contributed by atoms with Crippen LogP contribution in [0.5, 0.6) is 5.75 Å². The summed E-state index contributed by atoms with van der Waals surface area (Å²) in [5.74, 6) is -0.0459. The summed E-state index contributed by atoms with van der Waals surface area (Å²) in [6.07, 6.45) is 0. The highest BCUT2D eigenvalue weighted by molar-refractivity contribution is 5.99. The topological polar surface area (TPSA) is 87.7 Å². The van der Waals surface area contributed by atoms with E-state index in [4.69, 9.17) is 4.74 Å². The number of nitrogens with one attached hydrogen (secondary N) is 2. The zero-order valence-corrected chi connectivity index (χ0v) is 16.5. The first-order valence-electron chi connectivity index (χ1n) is 8.96. The van der Waals surface area contributed by atoms with Crippen LogP contribution in [0.15, 0.2) is 42.5 Å². The van der Waals surface area contributed by atoms with Crippen molar-refractivity contribution in [2.45, 2.75) is 27.3 Å². The molecule has 0 aliphatic rings. The Kier molecular flexibility index (Phi) is 7.14. The fraction of sp³-hybridized carbons (Fsp3) is 0.286. The highest BCUT2D eigenvalue weighted by Crippen LogP contribution is 2.23. The third-order valence-corrected chi connectivity index (χ3v) is 3.85. The van der Waals surface area contributed by atoms with Crippen molar-refractivity contribution >= 4 is 29.1 Å². The molecule has 2 N–H and O–H groups in total. The molecular weight excluding hydrogens is 358 g/mol. The number of ether oxygens (including phenoxy) is 1. The zero-order chi connectivity index (χ0) is 20.7. The molecule has 0 spiro atoms. The molecule has 0 radical (unpaired) electrons. The SMILES string of the molecule is CCOc1ccccc1CN(C)C(=O)c1cc(NC(C)=O)cc(NC(C)=O)c1. The van der Waals surface area contributed by atoms with Crippen molar-refractivity contribution < 1.29 is 19.1 Å². The molecule has 0 atom stereocenters. The lowest BCUT2D eigenvalue weighted by Gasteiger charge is -2.20. The molecule has 2 aromatic rings. The molecule has 0 aliphatic heterocycles. The van der Waals surface area contributed by atoms with Crippen molar-refractivity contribution in [1.29, 1.82) is 0 Å². The summed E-state index contributed by atoms with van der Waals surface area (Å²) >= 11 is 0. The number of carbonyl (C=O) groups is 3. The second kappa shape index (κ2) is 9.55. The van der Waals surface area contributed by atoms with Gasteiger partial charge in [0.15, 0.2) is 0 Å². The lowest BCUT2D eigenvalue weighted by Crippen LogP contribution is -2.26. The second-order valence-corrected chi connectivity index (χ2v) is 6.36. The molecule has 2 aromatic carbocycles. The highest BCUT2D eigenvalue weighted by atomic mass is 16.5. The second-order valence-electron chi connectivity index (χ2n) is 6.36. The summed E-state index contributed by atoms with van der Waals surface area (Å²) in [6.45, 7) is 5.55. The number of nitrogens with zero attached hydrogens (tertiary/aromatic N) is 1. The van der Waals surface area contributed by atoms with Crippen molar-refractivity contribution in [1.82, 2.24) is 4.90 Å². The van der Waals surface area contributed by atoms with Gasteiger partial charge in [0.25, 0.3) is 5.91 Å². The van der Waals surface area contributed by atoms with Gasteiger partial charge in [0.1, 0.15) is 5.75 Å². The van der Waals surface area contributed by atoms with Crippen LogP contribution in [0.1, 0.15) is 36.7 Å². The Morgan fingerprint density at radius 2 is 1.54 bits per heavy atom. The van der Waals surface area contributed by atoms with Crippen LogP contribution in [0.2, 0.25) is 0 Å². The summed E-state index contributed by atoms with van der Waals surface area (Å²) < 4.78 is 5.62. The first-order valence-corrected chi connectivity index (χ1v) is 8.96. The first kappa shape index (κ1) is 21.0. The number of anilines is 2. The minimum absolute atomic E-state index is 0.245. The molecule has 0 heterocycles. The van der Waals surface area contributed by atoms with Gasteiger partial charge in [-0.15, -0.1) is 0 Å². The highest BCUT2D eigenvalue weighted by Gasteiger charge is 2.16. The van der Waals surface area contributed by atoms with Gasteiger partial charge in [0, 0.05) is 49.9 Å². The van der Waals surface area contributed by atoms with Gasteiger partial charge in [-0.3, -0.25) is 14.4 Å². The van der Waals surface area contributed by atoms with Gasteiger partial charge in [-0.1, -0.05) is 18.2 Å². The molecule has 0 aromatic heterocycles. The summed E-state index contributed by atoms with van der Waals surface area (Å²) in [5, 5.41) is 5.29. The van der Waals surface area contributed by atoms with Crippen LogP contribution in [0, 0.1) is 0 Å². The fourth-order valence-corrected chi connectivity index (χ4v) is 2.78. The van der Waals surface area contributed by atoms with Crippen LogP contribution >= 0.6 is 0 Å². The Bertz CT molecular complexity index is 845. The van der Waals surface area contributed by atoms with E-state index in [0.717, 1.165) is 11.3 Å². The van der Waals surface area contributed by atoms with Crippen molar-refractivity contribution in [2.24, 2.45) is 0 Å². The Morgan fingerprint density at radius 1 is 0.964 bits per heavy atom. The van der Waals surface area contributed by atoms with Gasteiger partial charge < -0.3 is 20.3 Å². The van der Waals surface area contributed by atoms with Crippen molar-refractivity contribution in [2.75, 3.05) is 24.3 Å². The molecule has 0 saturated heterocycles. The molecule has 0 fully saturated rings. The van der Waals surface area contributed by atoms with Crippen molar-refractivity contribution in [3.63, 3.8) is 0 Å². The molecule has 3 amide bonds. The summed E-state index contributed by atoms with van der Waals surface area (Å²) in [5.41, 5.74) is 2.11. The molecule has 7 nitrogen and oxygen atoms in total. The van der Waals surface area contributed by atoms with E-state index in [0.29, 0.717) is 30.1 Å². The maximum atomic E-state index is 13.0. The average molecular weight is 383 g/mol.